The minimum Gasteiger partial charge on any atom is -0.378 e. The molecule has 0 fully saturated rings. The standard InChI is InChI=1S/C26H28N2O/c1-17-8-11-22(12-9-17)27-24-16-20(4)28(25-13-10-19(3)15-23(24)25)26(29)21-7-5-6-18(2)14-21/h5-15,20,24,27H,16H2,1-4H3/t20-,24+/m1/s1. The van der Waals surface area contributed by atoms with Crippen LogP contribution in [0.2, 0.25) is 0 Å². The number of amides is 1. The van der Waals surface area contributed by atoms with Crippen molar-refractivity contribution < 1.29 is 4.79 Å². The van der Waals surface area contributed by atoms with Crippen LogP contribution in [-0.2, 0) is 0 Å². The largest absolute Gasteiger partial charge is 0.378 e. The fourth-order valence-corrected chi connectivity index (χ4v) is 4.20. The average Bonchev–Trinajstić information content (AvgIpc) is 2.70. The number of benzene rings is 3. The number of fused-ring (bicyclic) bond motifs is 1. The van der Waals surface area contributed by atoms with E-state index in [1.165, 1.54) is 16.7 Å². The molecule has 1 aliphatic heterocycles. The van der Waals surface area contributed by atoms with E-state index in [1.54, 1.807) is 0 Å². The zero-order valence-electron chi connectivity index (χ0n) is 17.6. The molecule has 4 rings (SSSR count). The fraction of sp³-hybridized carbons (Fsp3) is 0.269. The van der Waals surface area contributed by atoms with E-state index in [4.69, 9.17) is 0 Å². The minimum absolute atomic E-state index is 0.0695. The normalized spacial score (nSPS) is 18.3. The topological polar surface area (TPSA) is 32.3 Å². The summed E-state index contributed by atoms with van der Waals surface area (Å²) in [6.07, 6.45) is 0.863. The van der Waals surface area contributed by atoms with Crippen LogP contribution in [0.1, 0.15) is 52.0 Å². The number of carbonyl (C=O) groups excluding carboxylic acids is 1. The van der Waals surface area contributed by atoms with E-state index in [0.717, 1.165) is 28.9 Å². The maximum absolute atomic E-state index is 13.4. The van der Waals surface area contributed by atoms with Crippen LogP contribution in [0.5, 0.6) is 0 Å². The van der Waals surface area contributed by atoms with Gasteiger partial charge in [-0.25, -0.2) is 0 Å². The Morgan fingerprint density at radius 2 is 1.59 bits per heavy atom. The van der Waals surface area contributed by atoms with Crippen molar-refractivity contribution in [2.24, 2.45) is 0 Å². The SMILES string of the molecule is Cc1ccc(N[C@H]2C[C@@H](C)N(C(=O)c3cccc(C)c3)c3ccc(C)cc32)cc1. The van der Waals surface area contributed by atoms with E-state index in [2.05, 4.69) is 68.6 Å². The molecule has 0 spiro atoms. The van der Waals surface area contributed by atoms with Gasteiger partial charge in [0.2, 0.25) is 0 Å². The smallest absolute Gasteiger partial charge is 0.258 e. The predicted molar refractivity (Wildman–Crippen MR) is 121 cm³/mol. The third-order valence-electron chi connectivity index (χ3n) is 5.71. The number of carbonyl (C=O) groups is 1. The second-order valence-electron chi connectivity index (χ2n) is 8.25. The summed E-state index contributed by atoms with van der Waals surface area (Å²) < 4.78 is 0. The summed E-state index contributed by atoms with van der Waals surface area (Å²) in [6, 6.07) is 23.0. The number of hydrogen-bond donors (Lipinski definition) is 1. The van der Waals surface area contributed by atoms with E-state index in [9.17, 15) is 4.79 Å². The van der Waals surface area contributed by atoms with Gasteiger partial charge in [0.15, 0.2) is 0 Å². The van der Waals surface area contributed by atoms with E-state index < -0.39 is 0 Å². The summed E-state index contributed by atoms with van der Waals surface area (Å²) in [6.45, 7) is 8.36. The zero-order chi connectivity index (χ0) is 20.5. The minimum atomic E-state index is 0.0695. The Kier molecular flexibility index (Phi) is 5.14. The molecule has 1 N–H and O–H groups in total. The van der Waals surface area contributed by atoms with Crippen molar-refractivity contribution in [1.29, 1.82) is 0 Å². The van der Waals surface area contributed by atoms with Gasteiger partial charge in [0.1, 0.15) is 0 Å². The van der Waals surface area contributed by atoms with Crippen LogP contribution >= 0.6 is 0 Å². The summed E-state index contributed by atoms with van der Waals surface area (Å²) in [7, 11) is 0. The molecule has 0 bridgehead atoms. The monoisotopic (exact) mass is 384 g/mol. The van der Waals surface area contributed by atoms with Crippen LogP contribution in [0.4, 0.5) is 11.4 Å². The number of hydrogen-bond acceptors (Lipinski definition) is 2. The molecular formula is C26H28N2O. The fourth-order valence-electron chi connectivity index (χ4n) is 4.20. The first-order chi connectivity index (χ1) is 13.9. The maximum atomic E-state index is 13.4. The molecular weight excluding hydrogens is 356 g/mol. The van der Waals surface area contributed by atoms with Gasteiger partial charge >= 0.3 is 0 Å². The second kappa shape index (κ2) is 7.75. The van der Waals surface area contributed by atoms with Crippen molar-refractivity contribution in [3.8, 4) is 0 Å². The number of rotatable bonds is 3. The predicted octanol–water partition coefficient (Wildman–Crippen LogP) is 6.20. The molecule has 0 saturated carbocycles. The summed E-state index contributed by atoms with van der Waals surface area (Å²) in [5.74, 6) is 0.0695. The average molecular weight is 385 g/mol. The molecule has 148 valence electrons. The number of nitrogens with zero attached hydrogens (tertiary/aromatic N) is 1. The Balaban J connectivity index is 1.71. The first kappa shape index (κ1) is 19.3. The first-order valence-corrected chi connectivity index (χ1v) is 10.3. The number of anilines is 2. The van der Waals surface area contributed by atoms with Crippen LogP contribution in [0.25, 0.3) is 0 Å². The van der Waals surface area contributed by atoms with Crippen LogP contribution in [0.3, 0.4) is 0 Å². The van der Waals surface area contributed by atoms with Crippen molar-refractivity contribution in [2.45, 2.75) is 46.2 Å². The lowest BCUT2D eigenvalue weighted by molar-refractivity contribution is 0.0974. The quantitative estimate of drug-likeness (QED) is 0.583. The van der Waals surface area contributed by atoms with E-state index in [0.29, 0.717) is 0 Å². The number of aryl methyl sites for hydroxylation is 3. The van der Waals surface area contributed by atoms with Crippen LogP contribution in [0.15, 0.2) is 66.7 Å². The summed E-state index contributed by atoms with van der Waals surface area (Å²) in [5.41, 5.74) is 7.60. The van der Waals surface area contributed by atoms with Crippen molar-refractivity contribution in [1.82, 2.24) is 0 Å². The van der Waals surface area contributed by atoms with Crippen molar-refractivity contribution >= 4 is 17.3 Å². The van der Waals surface area contributed by atoms with E-state index >= 15 is 0 Å². The lowest BCUT2D eigenvalue weighted by Gasteiger charge is -2.40. The highest BCUT2D eigenvalue weighted by Crippen LogP contribution is 2.40. The Bertz CT molecular complexity index is 1040. The molecule has 3 nitrogen and oxygen atoms in total. The molecule has 0 aromatic heterocycles. The third kappa shape index (κ3) is 3.91. The van der Waals surface area contributed by atoms with Crippen LogP contribution in [-0.4, -0.2) is 11.9 Å². The molecule has 1 amide bonds. The van der Waals surface area contributed by atoms with Gasteiger partial charge in [-0.15, -0.1) is 0 Å². The summed E-state index contributed by atoms with van der Waals surface area (Å²) in [4.78, 5) is 15.4. The Morgan fingerprint density at radius 1 is 0.897 bits per heavy atom. The summed E-state index contributed by atoms with van der Waals surface area (Å²) in [5, 5.41) is 3.69. The lowest BCUT2D eigenvalue weighted by Crippen LogP contribution is -2.44. The molecule has 3 heteroatoms. The molecule has 3 aromatic rings. The van der Waals surface area contributed by atoms with E-state index in [1.807, 2.05) is 36.1 Å². The van der Waals surface area contributed by atoms with Crippen molar-refractivity contribution in [3.05, 3.63) is 94.5 Å². The van der Waals surface area contributed by atoms with Gasteiger partial charge in [0, 0.05) is 23.0 Å². The van der Waals surface area contributed by atoms with Crippen molar-refractivity contribution in [3.63, 3.8) is 0 Å². The van der Waals surface area contributed by atoms with Gasteiger partial charge < -0.3 is 10.2 Å². The molecule has 0 unspecified atom stereocenters. The molecule has 1 heterocycles. The van der Waals surface area contributed by atoms with Gasteiger partial charge in [0.25, 0.3) is 5.91 Å². The molecule has 0 aliphatic carbocycles. The van der Waals surface area contributed by atoms with Gasteiger partial charge in [0.05, 0.1) is 6.04 Å². The van der Waals surface area contributed by atoms with Gasteiger partial charge in [-0.1, -0.05) is 53.1 Å². The molecule has 29 heavy (non-hydrogen) atoms. The third-order valence-corrected chi connectivity index (χ3v) is 5.71. The molecule has 0 saturated heterocycles. The first-order valence-electron chi connectivity index (χ1n) is 10.3. The van der Waals surface area contributed by atoms with Gasteiger partial charge in [-0.2, -0.15) is 0 Å². The van der Waals surface area contributed by atoms with Crippen molar-refractivity contribution in [2.75, 3.05) is 10.2 Å². The summed E-state index contributed by atoms with van der Waals surface area (Å²) >= 11 is 0. The molecule has 1 aliphatic rings. The number of nitrogens with one attached hydrogen (secondary N) is 1. The molecule has 3 aromatic carbocycles. The molecule has 2 atom stereocenters. The Morgan fingerprint density at radius 3 is 2.31 bits per heavy atom. The lowest BCUT2D eigenvalue weighted by atomic mass is 9.89. The highest BCUT2D eigenvalue weighted by Gasteiger charge is 2.34. The Hall–Kier alpha value is -3.07. The molecule has 0 radical (unpaired) electrons. The van der Waals surface area contributed by atoms with Gasteiger partial charge in [-0.05, 0) is 70.0 Å². The van der Waals surface area contributed by atoms with Crippen LogP contribution in [0, 0.1) is 20.8 Å². The zero-order valence-corrected chi connectivity index (χ0v) is 17.6. The highest BCUT2D eigenvalue weighted by atomic mass is 16.2. The highest BCUT2D eigenvalue weighted by molar-refractivity contribution is 6.07. The Labute approximate surface area is 173 Å². The second-order valence-corrected chi connectivity index (χ2v) is 8.25. The van der Waals surface area contributed by atoms with Crippen LogP contribution < -0.4 is 10.2 Å². The maximum Gasteiger partial charge on any atom is 0.258 e. The van der Waals surface area contributed by atoms with E-state index in [-0.39, 0.29) is 18.0 Å². The van der Waals surface area contributed by atoms with Gasteiger partial charge in [-0.3, -0.25) is 4.79 Å².